The van der Waals surface area contributed by atoms with Crippen LogP contribution in [0, 0.1) is 0 Å². The topological polar surface area (TPSA) is 65.1 Å². The number of carbonyl (C=O) groups excluding carboxylic acids is 2. The van der Waals surface area contributed by atoms with Crippen LogP contribution in [0.4, 0.5) is 0 Å². The van der Waals surface area contributed by atoms with E-state index in [2.05, 4.69) is 0 Å². The Labute approximate surface area is 149 Å². The molecule has 25 heavy (non-hydrogen) atoms. The first-order valence-electron chi connectivity index (χ1n) is 7.84. The molecule has 1 aliphatic heterocycles. The average molecular weight is 361 g/mol. The van der Waals surface area contributed by atoms with Crippen molar-refractivity contribution in [3.63, 3.8) is 0 Å². The number of rotatable bonds is 5. The van der Waals surface area contributed by atoms with E-state index in [1.807, 2.05) is 11.4 Å². The highest BCUT2D eigenvalue weighted by Crippen LogP contribution is 2.34. The molecule has 0 spiro atoms. The summed E-state index contributed by atoms with van der Waals surface area (Å²) in [5.74, 6) is 0.600. The average Bonchev–Trinajstić information content (AvgIpc) is 3.13. The minimum atomic E-state index is -0.702. The molecule has 2 aromatic rings. The molecule has 1 aromatic carbocycles. The van der Waals surface area contributed by atoms with Gasteiger partial charge in [-0.25, -0.2) is 4.79 Å². The summed E-state index contributed by atoms with van der Waals surface area (Å²) in [6.07, 6.45) is 0.731. The van der Waals surface area contributed by atoms with Gasteiger partial charge in [-0.3, -0.25) is 4.79 Å². The number of benzene rings is 1. The Hall–Kier alpha value is -2.54. The molecule has 1 atom stereocenters. The first kappa shape index (κ1) is 17.3. The first-order chi connectivity index (χ1) is 12.1. The second-order valence-corrected chi connectivity index (χ2v) is 6.53. The van der Waals surface area contributed by atoms with E-state index in [-0.39, 0.29) is 12.5 Å². The van der Waals surface area contributed by atoms with E-state index in [0.29, 0.717) is 18.0 Å². The van der Waals surface area contributed by atoms with Gasteiger partial charge in [-0.05, 0) is 47.7 Å². The van der Waals surface area contributed by atoms with Crippen molar-refractivity contribution in [1.29, 1.82) is 0 Å². The summed E-state index contributed by atoms with van der Waals surface area (Å²) in [5.41, 5.74) is 0.848. The number of methoxy groups -OCH3 is 2. The third-order valence-electron chi connectivity index (χ3n) is 4.13. The largest absolute Gasteiger partial charge is 0.497 e. The summed E-state index contributed by atoms with van der Waals surface area (Å²) in [4.78, 5) is 27.5. The summed E-state index contributed by atoms with van der Waals surface area (Å²) in [5, 5.41) is 1.93. The van der Waals surface area contributed by atoms with Gasteiger partial charge in [-0.1, -0.05) is 0 Å². The van der Waals surface area contributed by atoms with Crippen molar-refractivity contribution in [3.05, 3.63) is 46.2 Å². The molecule has 132 valence electrons. The molecule has 0 saturated carbocycles. The van der Waals surface area contributed by atoms with Gasteiger partial charge < -0.3 is 19.1 Å². The maximum atomic E-state index is 12.6. The molecule has 6 nitrogen and oxygen atoms in total. The van der Waals surface area contributed by atoms with Gasteiger partial charge in [-0.15, -0.1) is 11.3 Å². The van der Waals surface area contributed by atoms with E-state index in [1.165, 1.54) is 12.0 Å². The van der Waals surface area contributed by atoms with E-state index in [1.54, 1.807) is 42.7 Å². The predicted molar refractivity (Wildman–Crippen MR) is 93.0 cm³/mol. The quantitative estimate of drug-likeness (QED) is 0.766. The Bertz CT molecular complexity index is 755. The molecule has 0 radical (unpaired) electrons. The predicted octanol–water partition coefficient (Wildman–Crippen LogP) is 2.43. The van der Waals surface area contributed by atoms with Gasteiger partial charge >= 0.3 is 5.97 Å². The standard InChI is InChI=1S/C18H19NO5S/c1-22-12-3-5-13(6-4-12)24-11-16(20)19-9-7-15-14(8-10-25-15)17(19)18(21)23-2/h3-6,8,10,17H,7,9,11H2,1-2H3. The van der Waals surface area contributed by atoms with Crippen LogP contribution in [-0.2, 0) is 20.7 Å². The van der Waals surface area contributed by atoms with Gasteiger partial charge in [-0.2, -0.15) is 0 Å². The summed E-state index contributed by atoms with van der Waals surface area (Å²) >= 11 is 1.60. The Morgan fingerprint density at radius 3 is 2.56 bits per heavy atom. The number of fused-ring (bicyclic) bond motifs is 1. The van der Waals surface area contributed by atoms with Crippen LogP contribution >= 0.6 is 11.3 Å². The van der Waals surface area contributed by atoms with Crippen molar-refractivity contribution < 1.29 is 23.8 Å². The monoisotopic (exact) mass is 361 g/mol. The third-order valence-corrected chi connectivity index (χ3v) is 5.13. The number of carbonyl (C=O) groups is 2. The van der Waals surface area contributed by atoms with Crippen LogP contribution in [-0.4, -0.2) is 44.1 Å². The van der Waals surface area contributed by atoms with Crippen LogP contribution in [0.3, 0.4) is 0 Å². The minimum absolute atomic E-state index is 0.140. The molecule has 0 saturated heterocycles. The highest BCUT2D eigenvalue weighted by Gasteiger charge is 2.37. The Morgan fingerprint density at radius 2 is 1.88 bits per heavy atom. The highest BCUT2D eigenvalue weighted by molar-refractivity contribution is 7.10. The van der Waals surface area contributed by atoms with E-state index >= 15 is 0 Å². The molecule has 1 aliphatic rings. The zero-order valence-corrected chi connectivity index (χ0v) is 14.9. The normalized spacial score (nSPS) is 16.1. The minimum Gasteiger partial charge on any atom is -0.497 e. The Morgan fingerprint density at radius 1 is 1.16 bits per heavy atom. The van der Waals surface area contributed by atoms with Gasteiger partial charge in [0.1, 0.15) is 11.5 Å². The lowest BCUT2D eigenvalue weighted by atomic mass is 10.00. The smallest absolute Gasteiger partial charge is 0.333 e. The molecular weight excluding hydrogens is 342 g/mol. The van der Waals surface area contributed by atoms with Crippen molar-refractivity contribution in [3.8, 4) is 11.5 Å². The summed E-state index contributed by atoms with van der Waals surface area (Å²) in [7, 11) is 2.92. The lowest BCUT2D eigenvalue weighted by molar-refractivity contribution is -0.154. The molecule has 1 unspecified atom stereocenters. The fraction of sp³-hybridized carbons (Fsp3) is 0.333. The SMILES string of the molecule is COC(=O)C1c2ccsc2CCN1C(=O)COc1ccc(OC)cc1. The van der Waals surface area contributed by atoms with Crippen LogP contribution in [0.1, 0.15) is 16.5 Å². The van der Waals surface area contributed by atoms with Gasteiger partial charge in [0.2, 0.25) is 0 Å². The molecule has 7 heteroatoms. The molecule has 0 fully saturated rings. The molecule has 0 bridgehead atoms. The van der Waals surface area contributed by atoms with Crippen molar-refractivity contribution in [1.82, 2.24) is 4.90 Å². The van der Waals surface area contributed by atoms with Gasteiger partial charge in [0, 0.05) is 11.4 Å². The van der Waals surface area contributed by atoms with Crippen LogP contribution in [0.5, 0.6) is 11.5 Å². The lowest BCUT2D eigenvalue weighted by Crippen LogP contribution is -2.45. The Kier molecular flexibility index (Phi) is 5.23. The lowest BCUT2D eigenvalue weighted by Gasteiger charge is -2.33. The Balaban J connectivity index is 1.70. The number of ether oxygens (including phenoxy) is 3. The number of hydrogen-bond acceptors (Lipinski definition) is 6. The molecule has 2 heterocycles. The summed E-state index contributed by atoms with van der Waals surface area (Å²) < 4.78 is 15.5. The fourth-order valence-electron chi connectivity index (χ4n) is 2.85. The molecule has 1 amide bonds. The highest BCUT2D eigenvalue weighted by atomic mass is 32.1. The van der Waals surface area contributed by atoms with Gasteiger partial charge in [0.15, 0.2) is 12.6 Å². The number of nitrogens with zero attached hydrogens (tertiary/aromatic N) is 1. The van der Waals surface area contributed by atoms with E-state index in [9.17, 15) is 9.59 Å². The van der Waals surface area contributed by atoms with E-state index in [4.69, 9.17) is 14.2 Å². The molecule has 0 aliphatic carbocycles. The number of amides is 1. The molecule has 0 N–H and O–H groups in total. The summed E-state index contributed by atoms with van der Waals surface area (Å²) in [6.45, 7) is 0.331. The van der Waals surface area contributed by atoms with Crippen molar-refractivity contribution >= 4 is 23.2 Å². The number of thiophene rings is 1. The second-order valence-electron chi connectivity index (χ2n) is 5.53. The van der Waals surface area contributed by atoms with Crippen molar-refractivity contribution in [2.24, 2.45) is 0 Å². The van der Waals surface area contributed by atoms with Crippen LogP contribution in [0.2, 0.25) is 0 Å². The second kappa shape index (κ2) is 7.57. The van der Waals surface area contributed by atoms with E-state index in [0.717, 1.165) is 16.9 Å². The van der Waals surface area contributed by atoms with E-state index < -0.39 is 12.0 Å². The maximum absolute atomic E-state index is 12.6. The van der Waals surface area contributed by atoms with Crippen molar-refractivity contribution in [2.45, 2.75) is 12.5 Å². The number of esters is 1. The maximum Gasteiger partial charge on any atom is 0.333 e. The van der Waals surface area contributed by atoms with Gasteiger partial charge in [0.25, 0.3) is 5.91 Å². The molecule has 3 rings (SSSR count). The van der Waals surface area contributed by atoms with Crippen LogP contribution in [0.15, 0.2) is 35.7 Å². The zero-order chi connectivity index (χ0) is 17.8. The first-order valence-corrected chi connectivity index (χ1v) is 8.72. The zero-order valence-electron chi connectivity index (χ0n) is 14.1. The van der Waals surface area contributed by atoms with Gasteiger partial charge in [0.05, 0.1) is 14.2 Å². The number of hydrogen-bond donors (Lipinski definition) is 0. The fourth-order valence-corrected chi connectivity index (χ4v) is 3.75. The molecule has 1 aromatic heterocycles. The molecular formula is C18H19NO5S. The summed E-state index contributed by atoms with van der Waals surface area (Å²) in [6, 6.07) is 8.16. The van der Waals surface area contributed by atoms with Crippen LogP contribution in [0.25, 0.3) is 0 Å². The third kappa shape index (κ3) is 3.61. The van der Waals surface area contributed by atoms with Crippen molar-refractivity contribution in [2.75, 3.05) is 27.4 Å². The van der Waals surface area contributed by atoms with Crippen LogP contribution < -0.4 is 9.47 Å².